The third-order valence-corrected chi connectivity index (χ3v) is 4.28. The molecule has 0 radical (unpaired) electrons. The van der Waals surface area contributed by atoms with Crippen molar-refractivity contribution in [3.63, 3.8) is 0 Å². The highest BCUT2D eigenvalue weighted by Gasteiger charge is 2.19. The lowest BCUT2D eigenvalue weighted by Gasteiger charge is -2.34. The lowest BCUT2D eigenvalue weighted by molar-refractivity contribution is 0.526. The minimum absolute atomic E-state index is 0.579. The smallest absolute Gasteiger partial charge is 0.0397 e. The molecule has 0 unspecified atom stereocenters. The number of nitrogens with one attached hydrogen (secondary N) is 1. The summed E-state index contributed by atoms with van der Waals surface area (Å²) in [4.78, 5) is 6.54. The Bertz CT molecular complexity index is 560. The second kappa shape index (κ2) is 6.61. The Balaban J connectivity index is 1.59. The summed E-state index contributed by atoms with van der Waals surface area (Å²) in [6.45, 7) is 4.43. The molecule has 0 saturated carbocycles. The van der Waals surface area contributed by atoms with Gasteiger partial charge in [0.1, 0.15) is 0 Å². The van der Waals surface area contributed by atoms with Gasteiger partial charge >= 0.3 is 0 Å². The van der Waals surface area contributed by atoms with Crippen LogP contribution in [0.2, 0.25) is 0 Å². The van der Waals surface area contributed by atoms with Crippen LogP contribution in [0.25, 0.3) is 0 Å². The van der Waals surface area contributed by atoms with Gasteiger partial charge in [-0.05, 0) is 43.0 Å². The van der Waals surface area contributed by atoms with Crippen LogP contribution in [-0.2, 0) is 6.42 Å². The van der Waals surface area contributed by atoms with E-state index in [4.69, 9.17) is 0 Å². The quantitative estimate of drug-likeness (QED) is 0.925. The highest BCUT2D eigenvalue weighted by Crippen LogP contribution is 2.23. The van der Waals surface area contributed by atoms with Gasteiger partial charge in [0.05, 0.1) is 0 Å². The predicted octanol–water partition coefficient (Wildman–Crippen LogP) is 3.72. The molecule has 1 saturated heterocycles. The number of hydrogen-bond acceptors (Lipinski definition) is 3. The van der Waals surface area contributed by atoms with E-state index in [1.807, 2.05) is 12.4 Å². The zero-order valence-electron chi connectivity index (χ0n) is 12.6. The van der Waals surface area contributed by atoms with Crippen LogP contribution in [0.15, 0.2) is 48.8 Å². The summed E-state index contributed by atoms with van der Waals surface area (Å²) in [5, 5.41) is 3.73. The van der Waals surface area contributed by atoms with Crippen molar-refractivity contribution >= 4 is 11.4 Å². The molecule has 0 atom stereocenters. The van der Waals surface area contributed by atoms with Gasteiger partial charge in [0.25, 0.3) is 0 Å². The third-order valence-electron chi connectivity index (χ3n) is 4.28. The average molecular weight is 281 g/mol. The van der Waals surface area contributed by atoms with Crippen LogP contribution in [0.1, 0.15) is 25.3 Å². The summed E-state index contributed by atoms with van der Waals surface area (Å²) >= 11 is 0. The fraction of sp³-hybridized carbons (Fsp3) is 0.389. The molecule has 1 N–H and O–H groups in total. The second-order valence-corrected chi connectivity index (χ2v) is 5.62. The second-order valence-electron chi connectivity index (χ2n) is 5.62. The first-order valence-corrected chi connectivity index (χ1v) is 7.86. The number of nitrogens with zero attached hydrogens (tertiary/aromatic N) is 2. The lowest BCUT2D eigenvalue weighted by Crippen LogP contribution is -2.39. The summed E-state index contributed by atoms with van der Waals surface area (Å²) in [6, 6.07) is 13.4. The fourth-order valence-corrected chi connectivity index (χ4v) is 3.03. The van der Waals surface area contributed by atoms with E-state index < -0.39 is 0 Å². The Labute approximate surface area is 127 Å². The normalized spacial score (nSPS) is 16.0. The summed E-state index contributed by atoms with van der Waals surface area (Å²) in [5.74, 6) is 0. The number of para-hydroxylation sites is 1. The maximum atomic E-state index is 4.09. The van der Waals surface area contributed by atoms with Crippen molar-refractivity contribution in [2.45, 2.75) is 32.2 Å². The van der Waals surface area contributed by atoms with Crippen LogP contribution < -0.4 is 10.2 Å². The van der Waals surface area contributed by atoms with Gasteiger partial charge in [-0.1, -0.05) is 25.1 Å². The first-order valence-electron chi connectivity index (χ1n) is 7.86. The Morgan fingerprint density at radius 3 is 2.52 bits per heavy atom. The molecule has 1 aromatic heterocycles. The van der Waals surface area contributed by atoms with E-state index in [1.165, 1.54) is 29.8 Å². The molecule has 1 aliphatic heterocycles. The third kappa shape index (κ3) is 3.35. The number of aromatic nitrogens is 1. The van der Waals surface area contributed by atoms with Crippen molar-refractivity contribution in [1.82, 2.24) is 4.98 Å². The van der Waals surface area contributed by atoms with E-state index in [0.717, 1.165) is 19.5 Å². The van der Waals surface area contributed by atoms with Crippen LogP contribution in [0, 0.1) is 0 Å². The number of aryl methyl sites for hydroxylation is 1. The number of benzene rings is 1. The Morgan fingerprint density at radius 2 is 1.81 bits per heavy atom. The van der Waals surface area contributed by atoms with Crippen LogP contribution in [0.4, 0.5) is 11.4 Å². The predicted molar refractivity (Wildman–Crippen MR) is 88.9 cm³/mol. The van der Waals surface area contributed by atoms with Gasteiger partial charge in [0.15, 0.2) is 0 Å². The fourth-order valence-electron chi connectivity index (χ4n) is 3.03. The number of piperidine rings is 1. The van der Waals surface area contributed by atoms with Crippen molar-refractivity contribution in [3.8, 4) is 0 Å². The van der Waals surface area contributed by atoms with Gasteiger partial charge in [0.2, 0.25) is 0 Å². The minimum Gasteiger partial charge on any atom is -0.382 e. The molecular formula is C18H23N3. The van der Waals surface area contributed by atoms with Gasteiger partial charge in [-0.25, -0.2) is 0 Å². The van der Waals surface area contributed by atoms with Crippen LogP contribution in [0.3, 0.4) is 0 Å². The van der Waals surface area contributed by atoms with Gasteiger partial charge < -0.3 is 10.2 Å². The van der Waals surface area contributed by atoms with E-state index in [9.17, 15) is 0 Å². The molecule has 2 heterocycles. The number of rotatable bonds is 4. The molecule has 0 bridgehead atoms. The summed E-state index contributed by atoms with van der Waals surface area (Å²) in [6.07, 6.45) is 7.19. The van der Waals surface area contributed by atoms with Gasteiger partial charge in [-0.2, -0.15) is 0 Å². The van der Waals surface area contributed by atoms with E-state index in [0.29, 0.717) is 6.04 Å². The van der Waals surface area contributed by atoms with Crippen molar-refractivity contribution in [2.75, 3.05) is 23.3 Å². The first-order chi connectivity index (χ1) is 10.4. The van der Waals surface area contributed by atoms with Crippen LogP contribution >= 0.6 is 0 Å². The van der Waals surface area contributed by atoms with E-state index in [2.05, 4.69) is 58.5 Å². The molecule has 0 amide bonds. The topological polar surface area (TPSA) is 28.2 Å². The molecule has 3 heteroatoms. The highest BCUT2D eigenvalue weighted by molar-refractivity contribution is 5.52. The van der Waals surface area contributed by atoms with Crippen LogP contribution in [-0.4, -0.2) is 24.1 Å². The first kappa shape index (κ1) is 13.9. The molecule has 2 aromatic rings. The summed E-state index contributed by atoms with van der Waals surface area (Å²) in [5.41, 5.74) is 4.01. The maximum Gasteiger partial charge on any atom is 0.0397 e. The summed E-state index contributed by atoms with van der Waals surface area (Å²) in [7, 11) is 0. The van der Waals surface area contributed by atoms with Gasteiger partial charge in [0, 0.05) is 42.9 Å². The molecule has 0 aliphatic carbocycles. The average Bonchev–Trinajstić information content (AvgIpc) is 2.57. The largest absolute Gasteiger partial charge is 0.382 e. The molecule has 0 spiro atoms. The van der Waals surface area contributed by atoms with E-state index >= 15 is 0 Å². The Hall–Kier alpha value is -2.03. The standard InChI is InChI=1S/C18H23N3/c1-2-15-5-3-4-6-18(15)20-16-9-13-21(14-10-16)17-7-11-19-12-8-17/h3-8,11-12,16,20H,2,9-10,13-14H2,1H3. The Kier molecular flexibility index (Phi) is 4.39. The van der Waals surface area contributed by atoms with Crippen molar-refractivity contribution in [3.05, 3.63) is 54.4 Å². The van der Waals surface area contributed by atoms with E-state index in [1.54, 1.807) is 0 Å². The minimum atomic E-state index is 0.579. The molecule has 1 fully saturated rings. The zero-order chi connectivity index (χ0) is 14.5. The molecule has 3 rings (SSSR count). The maximum absolute atomic E-state index is 4.09. The molecule has 1 aliphatic rings. The number of anilines is 2. The number of hydrogen-bond donors (Lipinski definition) is 1. The van der Waals surface area contributed by atoms with E-state index in [-0.39, 0.29) is 0 Å². The van der Waals surface area contributed by atoms with Crippen molar-refractivity contribution in [1.29, 1.82) is 0 Å². The van der Waals surface area contributed by atoms with Crippen LogP contribution in [0.5, 0.6) is 0 Å². The lowest BCUT2D eigenvalue weighted by atomic mass is 10.0. The van der Waals surface area contributed by atoms with Crippen molar-refractivity contribution in [2.24, 2.45) is 0 Å². The molecule has 110 valence electrons. The monoisotopic (exact) mass is 281 g/mol. The van der Waals surface area contributed by atoms with Gasteiger partial charge in [-0.3, -0.25) is 4.98 Å². The Morgan fingerprint density at radius 1 is 1.10 bits per heavy atom. The SMILES string of the molecule is CCc1ccccc1NC1CCN(c2ccncc2)CC1. The number of pyridine rings is 1. The molecule has 3 nitrogen and oxygen atoms in total. The van der Waals surface area contributed by atoms with Gasteiger partial charge in [-0.15, -0.1) is 0 Å². The molecular weight excluding hydrogens is 258 g/mol. The summed E-state index contributed by atoms with van der Waals surface area (Å²) < 4.78 is 0. The van der Waals surface area contributed by atoms with Crippen molar-refractivity contribution < 1.29 is 0 Å². The molecule has 1 aromatic carbocycles. The highest BCUT2D eigenvalue weighted by atomic mass is 15.1. The zero-order valence-corrected chi connectivity index (χ0v) is 12.6. The molecule has 21 heavy (non-hydrogen) atoms.